The van der Waals surface area contributed by atoms with Crippen molar-refractivity contribution in [3.8, 4) is 27.9 Å². The van der Waals surface area contributed by atoms with Crippen LogP contribution in [0.5, 0.6) is 0 Å². The van der Waals surface area contributed by atoms with Crippen LogP contribution in [-0.2, 0) is 0 Å². The molecular weight excluding hydrogens is 534 g/mol. The Morgan fingerprint density at radius 3 is 1.64 bits per heavy atom. The third kappa shape index (κ3) is 3.25. The van der Waals surface area contributed by atoms with E-state index in [4.69, 9.17) is 4.42 Å². The number of hydrogen-bond acceptors (Lipinski definition) is 1. The van der Waals surface area contributed by atoms with Crippen LogP contribution in [0.25, 0.3) is 93.2 Å². The SMILES string of the molecule is c1cc(-c2ccc(-n3c4ccccc4c4ccccc43)cc2)cc(-c2cc3oc4cccc5c6ccccc6c(c2)c3c45)c1. The molecule has 10 rings (SSSR count). The van der Waals surface area contributed by atoms with Gasteiger partial charge >= 0.3 is 0 Å². The maximum atomic E-state index is 6.47. The average molecular weight is 560 g/mol. The van der Waals surface area contributed by atoms with Crippen molar-refractivity contribution < 1.29 is 4.42 Å². The molecule has 0 unspecified atom stereocenters. The van der Waals surface area contributed by atoms with Gasteiger partial charge in [0, 0.05) is 27.2 Å². The van der Waals surface area contributed by atoms with Gasteiger partial charge in [-0.2, -0.15) is 0 Å². The Morgan fingerprint density at radius 1 is 0.341 bits per heavy atom. The molecule has 0 N–H and O–H groups in total. The third-order valence-electron chi connectivity index (χ3n) is 9.34. The summed E-state index contributed by atoms with van der Waals surface area (Å²) in [7, 11) is 0. The average Bonchev–Trinajstić information content (AvgIpc) is 3.64. The molecule has 2 heteroatoms. The first-order chi connectivity index (χ1) is 21.8. The van der Waals surface area contributed by atoms with Gasteiger partial charge in [0.05, 0.1) is 11.0 Å². The standard InChI is InChI=1S/C42H25NO/c1-2-12-32-31(11-1)35-15-8-18-39-41(35)42-36(32)24-29(25-40(42)44-39)28-10-7-9-27(23-28)26-19-21-30(22-20-26)43-37-16-5-3-13-33(37)34-14-4-6-17-38(34)43/h1-25H. The van der Waals surface area contributed by atoms with E-state index in [-0.39, 0.29) is 0 Å². The predicted octanol–water partition coefficient (Wildman–Crippen LogP) is 11.8. The van der Waals surface area contributed by atoms with Crippen LogP contribution in [0.1, 0.15) is 0 Å². The summed E-state index contributed by atoms with van der Waals surface area (Å²) >= 11 is 0. The van der Waals surface area contributed by atoms with Gasteiger partial charge in [-0.25, -0.2) is 0 Å². The van der Waals surface area contributed by atoms with Gasteiger partial charge in [0.25, 0.3) is 0 Å². The van der Waals surface area contributed by atoms with Crippen LogP contribution in [0.4, 0.5) is 0 Å². The molecule has 8 aromatic carbocycles. The van der Waals surface area contributed by atoms with Crippen LogP contribution in [0, 0.1) is 0 Å². The minimum Gasteiger partial charge on any atom is -0.456 e. The molecule has 2 heterocycles. The van der Waals surface area contributed by atoms with Crippen LogP contribution in [0.3, 0.4) is 0 Å². The Balaban J connectivity index is 1.11. The first-order valence-electron chi connectivity index (χ1n) is 15.1. The zero-order chi connectivity index (χ0) is 28.8. The van der Waals surface area contributed by atoms with Gasteiger partial charge in [0.2, 0.25) is 0 Å². The lowest BCUT2D eigenvalue weighted by atomic mass is 9.91. The van der Waals surface area contributed by atoms with Crippen molar-refractivity contribution in [2.75, 3.05) is 0 Å². The molecular formula is C42H25NO. The van der Waals surface area contributed by atoms with Crippen LogP contribution >= 0.6 is 0 Å². The second-order valence-corrected chi connectivity index (χ2v) is 11.7. The highest BCUT2D eigenvalue weighted by Crippen LogP contribution is 2.44. The number of para-hydroxylation sites is 2. The highest BCUT2D eigenvalue weighted by molar-refractivity contribution is 6.33. The Labute approximate surface area is 253 Å². The Kier molecular flexibility index (Phi) is 4.75. The minimum absolute atomic E-state index is 0.940. The van der Waals surface area contributed by atoms with E-state index in [0.29, 0.717) is 0 Å². The number of furan rings is 1. The fraction of sp³-hybridized carbons (Fsp3) is 0. The van der Waals surface area contributed by atoms with Crippen molar-refractivity contribution in [3.05, 3.63) is 152 Å². The minimum atomic E-state index is 0.940. The van der Waals surface area contributed by atoms with Gasteiger partial charge in [-0.05, 0) is 92.3 Å². The first-order valence-corrected chi connectivity index (χ1v) is 15.1. The van der Waals surface area contributed by atoms with E-state index >= 15 is 0 Å². The summed E-state index contributed by atoms with van der Waals surface area (Å²) in [5.74, 6) is 0. The molecule has 0 bridgehead atoms. The fourth-order valence-electron chi connectivity index (χ4n) is 7.38. The lowest BCUT2D eigenvalue weighted by Gasteiger charge is -2.12. The summed E-state index contributed by atoms with van der Waals surface area (Å²) in [6.45, 7) is 0. The summed E-state index contributed by atoms with van der Waals surface area (Å²) in [5, 5.41) is 10.0. The number of fused-ring (bicyclic) bond motifs is 6. The summed E-state index contributed by atoms with van der Waals surface area (Å²) in [4.78, 5) is 0. The van der Waals surface area contributed by atoms with Gasteiger partial charge in [0.1, 0.15) is 11.2 Å². The Morgan fingerprint density at radius 2 is 0.909 bits per heavy atom. The topological polar surface area (TPSA) is 18.1 Å². The van der Waals surface area contributed by atoms with Crippen LogP contribution < -0.4 is 0 Å². The molecule has 0 spiro atoms. The molecule has 0 amide bonds. The van der Waals surface area contributed by atoms with Crippen molar-refractivity contribution in [2.24, 2.45) is 0 Å². The summed E-state index contributed by atoms with van der Waals surface area (Å²) in [6.07, 6.45) is 0. The lowest BCUT2D eigenvalue weighted by Crippen LogP contribution is -1.93. The highest BCUT2D eigenvalue weighted by Gasteiger charge is 2.18. The number of nitrogens with zero attached hydrogens (tertiary/aromatic N) is 1. The molecule has 44 heavy (non-hydrogen) atoms. The Bertz CT molecular complexity index is 2650. The number of aromatic nitrogens is 1. The summed E-state index contributed by atoms with van der Waals surface area (Å²) < 4.78 is 8.83. The van der Waals surface area contributed by atoms with E-state index in [1.807, 2.05) is 0 Å². The van der Waals surface area contributed by atoms with Gasteiger partial charge in [-0.1, -0.05) is 103 Å². The zero-order valence-corrected chi connectivity index (χ0v) is 23.8. The molecule has 2 nitrogen and oxygen atoms in total. The van der Waals surface area contributed by atoms with E-state index in [0.717, 1.165) is 22.4 Å². The van der Waals surface area contributed by atoms with Gasteiger partial charge < -0.3 is 8.98 Å². The normalized spacial score (nSPS) is 12.1. The van der Waals surface area contributed by atoms with Crippen LogP contribution in [-0.4, -0.2) is 4.57 Å². The predicted molar refractivity (Wildman–Crippen MR) is 185 cm³/mol. The maximum Gasteiger partial charge on any atom is 0.136 e. The van der Waals surface area contributed by atoms with Crippen molar-refractivity contribution in [2.45, 2.75) is 0 Å². The van der Waals surface area contributed by atoms with Crippen molar-refractivity contribution in [3.63, 3.8) is 0 Å². The molecule has 204 valence electrons. The first kappa shape index (κ1) is 23.7. The van der Waals surface area contributed by atoms with Crippen LogP contribution in [0.15, 0.2) is 156 Å². The molecule has 0 fully saturated rings. The van der Waals surface area contributed by atoms with E-state index in [1.54, 1.807) is 0 Å². The Hall–Kier alpha value is -5.86. The molecule has 0 saturated carbocycles. The fourth-order valence-corrected chi connectivity index (χ4v) is 7.38. The largest absolute Gasteiger partial charge is 0.456 e. The number of benzene rings is 8. The zero-order valence-electron chi connectivity index (χ0n) is 23.8. The van der Waals surface area contributed by atoms with Crippen LogP contribution in [0.2, 0.25) is 0 Å². The highest BCUT2D eigenvalue weighted by atomic mass is 16.3. The number of rotatable bonds is 3. The molecule has 0 aliphatic carbocycles. The van der Waals surface area contributed by atoms with Crippen molar-refractivity contribution in [1.82, 2.24) is 4.57 Å². The van der Waals surface area contributed by atoms with Crippen molar-refractivity contribution in [1.29, 1.82) is 0 Å². The molecule has 0 aliphatic heterocycles. The molecule has 2 aromatic heterocycles. The van der Waals surface area contributed by atoms with Gasteiger partial charge in [-0.3, -0.25) is 0 Å². The van der Waals surface area contributed by atoms with E-state index in [9.17, 15) is 0 Å². The lowest BCUT2D eigenvalue weighted by molar-refractivity contribution is 0.669. The molecule has 0 aliphatic rings. The third-order valence-corrected chi connectivity index (χ3v) is 9.34. The van der Waals surface area contributed by atoms with Gasteiger partial charge in [0.15, 0.2) is 0 Å². The summed E-state index contributed by atoms with van der Waals surface area (Å²) in [6, 6.07) is 54.8. The van der Waals surface area contributed by atoms with E-state index in [2.05, 4.69) is 156 Å². The number of hydrogen-bond donors (Lipinski definition) is 0. The maximum absolute atomic E-state index is 6.47. The molecule has 0 radical (unpaired) electrons. The molecule has 0 saturated heterocycles. The quantitative estimate of drug-likeness (QED) is 0.197. The monoisotopic (exact) mass is 559 g/mol. The second kappa shape index (κ2) is 8.82. The van der Waals surface area contributed by atoms with E-state index < -0.39 is 0 Å². The van der Waals surface area contributed by atoms with Crippen molar-refractivity contribution >= 4 is 65.3 Å². The second-order valence-electron chi connectivity index (χ2n) is 11.7. The van der Waals surface area contributed by atoms with E-state index in [1.165, 1.54) is 70.8 Å². The summed E-state index contributed by atoms with van der Waals surface area (Å²) in [5.41, 5.74) is 10.2. The molecule has 0 atom stereocenters. The molecule has 10 aromatic rings. The smallest absolute Gasteiger partial charge is 0.136 e. The van der Waals surface area contributed by atoms with Gasteiger partial charge in [-0.15, -0.1) is 0 Å².